The van der Waals surface area contributed by atoms with Crippen molar-refractivity contribution in [2.24, 2.45) is 5.73 Å². The van der Waals surface area contributed by atoms with E-state index >= 15 is 0 Å². The van der Waals surface area contributed by atoms with Gasteiger partial charge in [-0.15, -0.1) is 0 Å². The second-order valence-electron chi connectivity index (χ2n) is 5.28. The number of carbonyl (C=O) groups excluding carboxylic acids is 3. The van der Waals surface area contributed by atoms with Crippen LogP contribution in [0.1, 0.15) is 6.42 Å². The number of hydrogen-bond donors (Lipinski definition) is 2. The summed E-state index contributed by atoms with van der Waals surface area (Å²) < 4.78 is 0. The third-order valence-electron chi connectivity index (χ3n) is 3.42. The second kappa shape index (κ2) is 8.58. The quantitative estimate of drug-likeness (QED) is 0.594. The molecule has 3 amide bonds. The van der Waals surface area contributed by atoms with Gasteiger partial charge in [-0.1, -0.05) is 0 Å². The van der Waals surface area contributed by atoms with Crippen LogP contribution in [0.15, 0.2) is 0 Å². The molecule has 3 N–H and O–H groups in total. The first-order valence-electron chi connectivity index (χ1n) is 7.11. The minimum atomic E-state index is -0.337. The van der Waals surface area contributed by atoms with Gasteiger partial charge in [0.05, 0.1) is 19.6 Å². The van der Waals surface area contributed by atoms with E-state index in [-0.39, 0.29) is 30.8 Å². The minimum absolute atomic E-state index is 0.0212. The number of nitrogens with two attached hydrogens (primary N) is 1. The fourth-order valence-corrected chi connectivity index (χ4v) is 2.07. The predicted octanol–water partition coefficient (Wildman–Crippen LogP) is -2.32. The number of rotatable bonds is 5. The van der Waals surface area contributed by atoms with Gasteiger partial charge in [0.15, 0.2) is 0 Å². The molecule has 1 fully saturated rings. The monoisotopic (exact) mass is 299 g/mol. The minimum Gasteiger partial charge on any atom is -0.348 e. The van der Waals surface area contributed by atoms with Gasteiger partial charge in [0.1, 0.15) is 0 Å². The number of carbonyl (C=O) groups is 3. The molecule has 8 nitrogen and oxygen atoms in total. The highest BCUT2D eigenvalue weighted by Crippen LogP contribution is 2.03. The van der Waals surface area contributed by atoms with Gasteiger partial charge < -0.3 is 20.9 Å². The molecule has 0 spiro atoms. The van der Waals surface area contributed by atoms with Gasteiger partial charge in [-0.25, -0.2) is 0 Å². The molecule has 1 heterocycles. The molecule has 0 aliphatic carbocycles. The fraction of sp³-hybridized carbons (Fsp3) is 0.769. The van der Waals surface area contributed by atoms with Crippen LogP contribution in [0.2, 0.25) is 0 Å². The Hall–Kier alpha value is -1.67. The third kappa shape index (κ3) is 6.09. The summed E-state index contributed by atoms with van der Waals surface area (Å²) in [5, 5.41) is 2.48. The highest BCUT2D eigenvalue weighted by Gasteiger charge is 2.20. The van der Waals surface area contributed by atoms with Gasteiger partial charge in [0, 0.05) is 40.3 Å². The molecular weight excluding hydrogens is 274 g/mol. The summed E-state index contributed by atoms with van der Waals surface area (Å²) in [5.41, 5.74) is 5.17. The molecule has 0 aromatic heterocycles. The van der Waals surface area contributed by atoms with E-state index in [1.165, 1.54) is 0 Å². The van der Waals surface area contributed by atoms with Gasteiger partial charge in [-0.2, -0.15) is 0 Å². The summed E-state index contributed by atoms with van der Waals surface area (Å²) in [6.07, 6.45) is 0.817. The summed E-state index contributed by atoms with van der Waals surface area (Å²) in [5.74, 6) is -0.390. The molecular formula is C13H25N5O3. The van der Waals surface area contributed by atoms with Crippen LogP contribution in [0.3, 0.4) is 0 Å². The van der Waals surface area contributed by atoms with Crippen LogP contribution >= 0.6 is 0 Å². The van der Waals surface area contributed by atoms with Gasteiger partial charge in [0.2, 0.25) is 17.7 Å². The van der Waals surface area contributed by atoms with Crippen molar-refractivity contribution >= 4 is 17.7 Å². The number of hydrogen-bond acceptors (Lipinski definition) is 5. The Balaban J connectivity index is 2.39. The van der Waals surface area contributed by atoms with Crippen molar-refractivity contribution in [3.8, 4) is 0 Å². The van der Waals surface area contributed by atoms with Gasteiger partial charge >= 0.3 is 0 Å². The van der Waals surface area contributed by atoms with Crippen molar-refractivity contribution < 1.29 is 14.4 Å². The summed E-state index contributed by atoms with van der Waals surface area (Å²) in [6, 6.07) is 0. The van der Waals surface area contributed by atoms with E-state index < -0.39 is 0 Å². The Morgan fingerprint density at radius 2 is 1.86 bits per heavy atom. The van der Waals surface area contributed by atoms with Crippen LogP contribution in [0, 0.1) is 0 Å². The molecule has 8 heteroatoms. The van der Waals surface area contributed by atoms with Crippen LogP contribution in [-0.2, 0) is 14.4 Å². The molecule has 0 bridgehead atoms. The smallest absolute Gasteiger partial charge is 0.242 e. The molecule has 1 aliphatic heterocycles. The number of likely N-dealkylation sites (N-methyl/N-ethyl adjacent to an activating group) is 1. The van der Waals surface area contributed by atoms with E-state index in [1.807, 2.05) is 4.90 Å². The topological polar surface area (TPSA) is 99.0 Å². The highest BCUT2D eigenvalue weighted by molar-refractivity contribution is 5.85. The molecule has 21 heavy (non-hydrogen) atoms. The summed E-state index contributed by atoms with van der Waals surface area (Å²) >= 11 is 0. The Morgan fingerprint density at radius 3 is 2.48 bits per heavy atom. The predicted molar refractivity (Wildman–Crippen MR) is 78.4 cm³/mol. The molecule has 0 radical (unpaired) electrons. The summed E-state index contributed by atoms with van der Waals surface area (Å²) in [4.78, 5) is 40.1. The lowest BCUT2D eigenvalue weighted by atomic mass is 10.3. The molecule has 0 aromatic carbocycles. The lowest BCUT2D eigenvalue weighted by Crippen LogP contribution is -2.43. The molecule has 0 atom stereocenters. The molecule has 1 aliphatic rings. The maximum Gasteiger partial charge on any atom is 0.242 e. The van der Waals surface area contributed by atoms with Crippen molar-refractivity contribution in [2.45, 2.75) is 6.42 Å². The Kier molecular flexibility index (Phi) is 7.10. The van der Waals surface area contributed by atoms with E-state index in [9.17, 15) is 14.4 Å². The van der Waals surface area contributed by atoms with Gasteiger partial charge in [0.25, 0.3) is 0 Å². The van der Waals surface area contributed by atoms with Crippen molar-refractivity contribution in [3.05, 3.63) is 0 Å². The number of nitrogens with zero attached hydrogens (tertiary/aromatic N) is 3. The van der Waals surface area contributed by atoms with E-state index in [0.29, 0.717) is 26.2 Å². The van der Waals surface area contributed by atoms with E-state index in [0.717, 1.165) is 13.0 Å². The summed E-state index contributed by atoms with van der Waals surface area (Å²) in [6.45, 7) is 2.90. The van der Waals surface area contributed by atoms with Crippen molar-refractivity contribution in [1.29, 1.82) is 0 Å². The van der Waals surface area contributed by atoms with Crippen LogP contribution in [0.25, 0.3) is 0 Å². The largest absolute Gasteiger partial charge is 0.348 e. The lowest BCUT2D eigenvalue weighted by Gasteiger charge is -2.22. The Morgan fingerprint density at radius 1 is 1.14 bits per heavy atom. The first-order chi connectivity index (χ1) is 9.93. The maximum atomic E-state index is 12.0. The summed E-state index contributed by atoms with van der Waals surface area (Å²) in [7, 11) is 3.46. The zero-order valence-electron chi connectivity index (χ0n) is 12.8. The standard InChI is InChI=1S/C13H25N5O3/c1-16(2)13(21)10-17-4-3-5-18(7-6-17)12(20)9-15-11(19)8-14/h3-10,14H2,1-2H3,(H,15,19). The maximum absolute atomic E-state index is 12.0. The average Bonchev–Trinajstić information content (AvgIpc) is 2.69. The van der Waals surface area contributed by atoms with Crippen LogP contribution in [0.5, 0.6) is 0 Å². The van der Waals surface area contributed by atoms with E-state index in [1.54, 1.807) is 23.9 Å². The SMILES string of the molecule is CN(C)C(=O)CN1CCCN(C(=O)CNC(=O)CN)CC1. The fourth-order valence-electron chi connectivity index (χ4n) is 2.07. The zero-order valence-corrected chi connectivity index (χ0v) is 12.8. The molecule has 0 saturated carbocycles. The van der Waals surface area contributed by atoms with Gasteiger partial charge in [-0.3, -0.25) is 19.3 Å². The second-order valence-corrected chi connectivity index (χ2v) is 5.28. The van der Waals surface area contributed by atoms with E-state index in [2.05, 4.69) is 5.32 Å². The van der Waals surface area contributed by atoms with E-state index in [4.69, 9.17) is 5.73 Å². The average molecular weight is 299 g/mol. The molecule has 0 aromatic rings. The van der Waals surface area contributed by atoms with Crippen molar-refractivity contribution in [3.63, 3.8) is 0 Å². The first-order valence-corrected chi connectivity index (χ1v) is 7.11. The zero-order chi connectivity index (χ0) is 15.8. The van der Waals surface area contributed by atoms with Crippen LogP contribution < -0.4 is 11.1 Å². The number of nitrogens with one attached hydrogen (secondary N) is 1. The molecule has 1 saturated heterocycles. The Bertz CT molecular complexity index is 386. The number of amides is 3. The van der Waals surface area contributed by atoms with Crippen LogP contribution in [0.4, 0.5) is 0 Å². The molecule has 0 unspecified atom stereocenters. The normalized spacial score (nSPS) is 16.2. The highest BCUT2D eigenvalue weighted by atomic mass is 16.2. The lowest BCUT2D eigenvalue weighted by molar-refractivity contribution is -0.132. The van der Waals surface area contributed by atoms with Crippen LogP contribution in [-0.4, -0.2) is 92.3 Å². The first kappa shape index (κ1) is 17.4. The van der Waals surface area contributed by atoms with Crippen molar-refractivity contribution in [2.75, 3.05) is 59.9 Å². The Labute approximate surface area is 125 Å². The third-order valence-corrected chi connectivity index (χ3v) is 3.42. The van der Waals surface area contributed by atoms with Gasteiger partial charge in [-0.05, 0) is 6.42 Å². The van der Waals surface area contributed by atoms with Crippen molar-refractivity contribution in [1.82, 2.24) is 20.0 Å². The molecule has 120 valence electrons. The molecule has 1 rings (SSSR count).